The summed E-state index contributed by atoms with van der Waals surface area (Å²) in [7, 11) is 0. The van der Waals surface area contributed by atoms with Crippen LogP contribution in [-0.4, -0.2) is 4.98 Å². The fourth-order valence-electron chi connectivity index (χ4n) is 1.58. The third kappa shape index (κ3) is 3.46. The Hall–Kier alpha value is -1.19. The molecular formula is C12H19N3. The Labute approximate surface area is 91.4 Å². The Morgan fingerprint density at radius 1 is 1.67 bits per heavy atom. The fraction of sp³-hybridized carbons (Fsp3) is 0.417. The van der Waals surface area contributed by atoms with E-state index in [1.54, 1.807) is 6.20 Å². The summed E-state index contributed by atoms with van der Waals surface area (Å²) in [5, 5.41) is 0. The lowest BCUT2D eigenvalue weighted by Gasteiger charge is -2.17. The second kappa shape index (κ2) is 5.63. The van der Waals surface area contributed by atoms with E-state index in [0.717, 1.165) is 18.5 Å². The number of aromatic nitrogens is 1. The number of nitrogens with zero attached hydrogens (tertiary/aromatic N) is 1. The maximum atomic E-state index is 5.55. The normalized spacial score (nSPS) is 12.5. The Kier molecular flexibility index (Phi) is 4.46. The second-order valence-corrected chi connectivity index (χ2v) is 3.89. The van der Waals surface area contributed by atoms with Crippen molar-refractivity contribution in [2.75, 3.05) is 0 Å². The number of hydrogen-bond donors (Lipinski definition) is 2. The van der Waals surface area contributed by atoms with Gasteiger partial charge in [0.15, 0.2) is 0 Å². The van der Waals surface area contributed by atoms with E-state index >= 15 is 0 Å². The third-order valence-corrected chi connectivity index (χ3v) is 2.48. The van der Waals surface area contributed by atoms with Crippen molar-refractivity contribution in [2.45, 2.75) is 32.7 Å². The predicted octanol–water partition coefficient (Wildman–Crippen LogP) is 2.25. The van der Waals surface area contributed by atoms with Gasteiger partial charge in [0.1, 0.15) is 0 Å². The van der Waals surface area contributed by atoms with E-state index in [2.05, 4.69) is 23.1 Å². The monoisotopic (exact) mass is 205 g/mol. The summed E-state index contributed by atoms with van der Waals surface area (Å²) in [4.78, 5) is 4.26. The fourth-order valence-corrected chi connectivity index (χ4v) is 1.58. The van der Waals surface area contributed by atoms with Crippen molar-refractivity contribution in [3.05, 3.63) is 41.7 Å². The molecule has 0 saturated carbocycles. The van der Waals surface area contributed by atoms with Crippen LogP contribution in [-0.2, 0) is 0 Å². The van der Waals surface area contributed by atoms with Crippen LogP contribution in [0.25, 0.3) is 0 Å². The van der Waals surface area contributed by atoms with E-state index in [1.807, 2.05) is 19.9 Å². The molecule has 1 atom stereocenters. The topological polar surface area (TPSA) is 50.9 Å². The van der Waals surface area contributed by atoms with Crippen LogP contribution in [0.1, 0.15) is 37.1 Å². The van der Waals surface area contributed by atoms with Crippen LogP contribution in [0, 0.1) is 6.92 Å². The van der Waals surface area contributed by atoms with E-state index in [9.17, 15) is 0 Å². The SMILES string of the molecule is C=C(C)CCC(NN)c1cccnc1C. The summed E-state index contributed by atoms with van der Waals surface area (Å²) < 4.78 is 0. The number of rotatable bonds is 5. The minimum Gasteiger partial charge on any atom is -0.271 e. The van der Waals surface area contributed by atoms with Crippen LogP contribution in [0.3, 0.4) is 0 Å². The minimum atomic E-state index is 0.162. The number of hydrogen-bond acceptors (Lipinski definition) is 3. The molecule has 0 bridgehead atoms. The van der Waals surface area contributed by atoms with Gasteiger partial charge < -0.3 is 0 Å². The molecule has 0 saturated heterocycles. The molecule has 1 unspecified atom stereocenters. The summed E-state index contributed by atoms with van der Waals surface area (Å²) in [5.74, 6) is 5.55. The molecule has 3 heteroatoms. The highest BCUT2D eigenvalue weighted by Gasteiger charge is 2.11. The number of nitrogens with one attached hydrogen (secondary N) is 1. The molecule has 1 aromatic heterocycles. The van der Waals surface area contributed by atoms with Crippen molar-refractivity contribution < 1.29 is 0 Å². The maximum Gasteiger partial charge on any atom is 0.0480 e. The summed E-state index contributed by atoms with van der Waals surface area (Å²) in [6.45, 7) is 7.93. The van der Waals surface area contributed by atoms with Gasteiger partial charge in [-0.2, -0.15) is 0 Å². The standard InChI is InChI=1S/C12H19N3/c1-9(2)6-7-12(15-13)11-5-4-8-14-10(11)3/h4-5,8,12,15H,1,6-7,13H2,2-3H3. The molecule has 15 heavy (non-hydrogen) atoms. The van der Waals surface area contributed by atoms with E-state index < -0.39 is 0 Å². The molecule has 0 amide bonds. The van der Waals surface area contributed by atoms with E-state index in [0.29, 0.717) is 0 Å². The first kappa shape index (κ1) is 11.9. The number of hydrazine groups is 1. The number of allylic oxidation sites excluding steroid dienone is 1. The Morgan fingerprint density at radius 2 is 2.40 bits per heavy atom. The first-order chi connectivity index (χ1) is 7.15. The first-order valence-corrected chi connectivity index (χ1v) is 5.17. The van der Waals surface area contributed by atoms with Gasteiger partial charge in [0.2, 0.25) is 0 Å². The zero-order chi connectivity index (χ0) is 11.3. The molecular weight excluding hydrogens is 186 g/mol. The van der Waals surface area contributed by atoms with Crippen LogP contribution in [0.2, 0.25) is 0 Å². The molecule has 1 aromatic rings. The van der Waals surface area contributed by atoms with E-state index in [-0.39, 0.29) is 6.04 Å². The first-order valence-electron chi connectivity index (χ1n) is 5.17. The molecule has 3 N–H and O–H groups in total. The molecule has 1 heterocycles. The largest absolute Gasteiger partial charge is 0.271 e. The molecule has 0 aliphatic heterocycles. The number of nitrogens with two attached hydrogens (primary N) is 1. The number of pyridine rings is 1. The summed E-state index contributed by atoms with van der Waals surface area (Å²) in [6, 6.07) is 4.16. The Bertz CT molecular complexity index is 333. The average Bonchev–Trinajstić information content (AvgIpc) is 2.21. The average molecular weight is 205 g/mol. The van der Waals surface area contributed by atoms with Crippen molar-refractivity contribution in [1.29, 1.82) is 0 Å². The van der Waals surface area contributed by atoms with Gasteiger partial charge in [-0.15, -0.1) is 6.58 Å². The van der Waals surface area contributed by atoms with Gasteiger partial charge >= 0.3 is 0 Å². The van der Waals surface area contributed by atoms with Crippen LogP contribution < -0.4 is 11.3 Å². The molecule has 0 aliphatic carbocycles. The lowest BCUT2D eigenvalue weighted by Crippen LogP contribution is -2.28. The number of aryl methyl sites for hydroxylation is 1. The highest BCUT2D eigenvalue weighted by molar-refractivity contribution is 5.22. The zero-order valence-corrected chi connectivity index (χ0v) is 9.46. The molecule has 0 radical (unpaired) electrons. The summed E-state index contributed by atoms with van der Waals surface area (Å²) in [5.41, 5.74) is 6.21. The Morgan fingerprint density at radius 3 is 2.93 bits per heavy atom. The molecule has 0 aliphatic rings. The van der Waals surface area contributed by atoms with Crippen LogP contribution in [0.4, 0.5) is 0 Å². The predicted molar refractivity (Wildman–Crippen MR) is 63.1 cm³/mol. The van der Waals surface area contributed by atoms with Gasteiger partial charge in [-0.1, -0.05) is 11.6 Å². The molecule has 0 aromatic carbocycles. The Balaban J connectivity index is 2.74. The van der Waals surface area contributed by atoms with Crippen molar-refractivity contribution in [3.63, 3.8) is 0 Å². The molecule has 0 fully saturated rings. The van der Waals surface area contributed by atoms with Crippen molar-refractivity contribution >= 4 is 0 Å². The van der Waals surface area contributed by atoms with Gasteiger partial charge in [0.05, 0.1) is 0 Å². The van der Waals surface area contributed by atoms with Gasteiger partial charge in [-0.25, -0.2) is 0 Å². The molecule has 1 rings (SSSR count). The smallest absolute Gasteiger partial charge is 0.0480 e. The summed E-state index contributed by atoms with van der Waals surface area (Å²) in [6.07, 6.45) is 3.73. The van der Waals surface area contributed by atoms with Crippen LogP contribution >= 0.6 is 0 Å². The van der Waals surface area contributed by atoms with Gasteiger partial charge in [0, 0.05) is 17.9 Å². The lowest BCUT2D eigenvalue weighted by molar-refractivity contribution is 0.511. The second-order valence-electron chi connectivity index (χ2n) is 3.89. The quantitative estimate of drug-likeness (QED) is 0.440. The highest BCUT2D eigenvalue weighted by Crippen LogP contribution is 2.21. The van der Waals surface area contributed by atoms with Crippen molar-refractivity contribution in [2.24, 2.45) is 5.84 Å². The lowest BCUT2D eigenvalue weighted by atomic mass is 9.99. The van der Waals surface area contributed by atoms with Gasteiger partial charge in [0.25, 0.3) is 0 Å². The molecule has 0 spiro atoms. The molecule has 82 valence electrons. The third-order valence-electron chi connectivity index (χ3n) is 2.48. The van der Waals surface area contributed by atoms with Gasteiger partial charge in [-0.3, -0.25) is 16.3 Å². The summed E-state index contributed by atoms with van der Waals surface area (Å²) >= 11 is 0. The minimum absolute atomic E-state index is 0.162. The maximum absolute atomic E-state index is 5.55. The highest BCUT2D eigenvalue weighted by atomic mass is 15.2. The van der Waals surface area contributed by atoms with E-state index in [1.165, 1.54) is 11.1 Å². The van der Waals surface area contributed by atoms with Crippen molar-refractivity contribution in [3.8, 4) is 0 Å². The van der Waals surface area contributed by atoms with E-state index in [4.69, 9.17) is 5.84 Å². The van der Waals surface area contributed by atoms with Crippen molar-refractivity contribution in [1.82, 2.24) is 10.4 Å². The van der Waals surface area contributed by atoms with Crippen LogP contribution in [0.15, 0.2) is 30.5 Å². The molecule has 3 nitrogen and oxygen atoms in total. The van der Waals surface area contributed by atoms with Gasteiger partial charge in [-0.05, 0) is 38.3 Å². The van der Waals surface area contributed by atoms with Crippen LogP contribution in [0.5, 0.6) is 0 Å². The zero-order valence-electron chi connectivity index (χ0n) is 9.46.